The fourth-order valence-corrected chi connectivity index (χ4v) is 9.26. The van der Waals surface area contributed by atoms with Gasteiger partial charge in [0.25, 0.3) is 0 Å². The molecule has 1 aliphatic carbocycles. The van der Waals surface area contributed by atoms with Gasteiger partial charge in [-0.3, -0.25) is 0 Å². The Balaban J connectivity index is 0.974. The van der Waals surface area contributed by atoms with Crippen molar-refractivity contribution in [1.29, 1.82) is 0 Å². The summed E-state index contributed by atoms with van der Waals surface area (Å²) < 4.78 is 0. The molecular weight excluding hydrogens is 699 g/mol. The van der Waals surface area contributed by atoms with Crippen molar-refractivity contribution in [2.75, 3.05) is 4.90 Å². The van der Waals surface area contributed by atoms with Gasteiger partial charge in [-0.1, -0.05) is 183 Å². The minimum atomic E-state index is -0.153. The van der Waals surface area contributed by atoms with E-state index < -0.39 is 0 Å². The van der Waals surface area contributed by atoms with Gasteiger partial charge in [0, 0.05) is 22.5 Å². The lowest BCUT2D eigenvalue weighted by molar-refractivity contribution is 0.601. The maximum atomic E-state index is 2.44. The van der Waals surface area contributed by atoms with Gasteiger partial charge in [-0.05, 0) is 131 Å². The number of rotatable bonds is 6. The summed E-state index contributed by atoms with van der Waals surface area (Å²) in [6.07, 6.45) is 8.10. The molecule has 0 aromatic heterocycles. The van der Waals surface area contributed by atoms with Crippen LogP contribution in [-0.2, 0) is 5.41 Å². The molecule has 11 rings (SSSR count). The number of nitrogens with zero attached hydrogens (tertiary/aromatic N) is 1. The normalized spacial score (nSPS) is 15.4. The highest BCUT2D eigenvalue weighted by Gasteiger charge is 2.29. The van der Waals surface area contributed by atoms with Crippen molar-refractivity contribution in [2.45, 2.75) is 18.8 Å². The molecule has 58 heavy (non-hydrogen) atoms. The summed E-state index contributed by atoms with van der Waals surface area (Å²) in [4.78, 5) is 2.43. The fourth-order valence-electron chi connectivity index (χ4n) is 9.26. The van der Waals surface area contributed by atoms with Crippen molar-refractivity contribution in [1.82, 2.24) is 0 Å². The largest absolute Gasteiger partial charge is 0.311 e. The average molecular weight is 740 g/mol. The van der Waals surface area contributed by atoms with Crippen molar-refractivity contribution in [3.8, 4) is 22.3 Å². The summed E-state index contributed by atoms with van der Waals surface area (Å²) in [5.74, 6) is 0. The van der Waals surface area contributed by atoms with Crippen LogP contribution in [0.3, 0.4) is 0 Å². The van der Waals surface area contributed by atoms with Crippen LogP contribution in [0.2, 0.25) is 0 Å². The van der Waals surface area contributed by atoms with Crippen LogP contribution in [-0.4, -0.2) is 0 Å². The van der Waals surface area contributed by atoms with Crippen LogP contribution >= 0.6 is 0 Å². The highest BCUT2D eigenvalue weighted by molar-refractivity contribution is 6.09. The monoisotopic (exact) mass is 739 g/mol. The Labute approximate surface area is 339 Å². The van der Waals surface area contributed by atoms with Crippen LogP contribution in [0.25, 0.3) is 76.1 Å². The second kappa shape index (κ2) is 13.8. The van der Waals surface area contributed by atoms with Crippen LogP contribution in [0.1, 0.15) is 18.9 Å². The van der Waals surface area contributed by atoms with Crippen LogP contribution in [0.5, 0.6) is 0 Å². The summed E-state index contributed by atoms with van der Waals surface area (Å²) in [6.45, 7) is 2.38. The molecule has 0 amide bonds. The smallest absolute Gasteiger partial charge is 0.0467 e. The maximum Gasteiger partial charge on any atom is 0.0467 e. The highest BCUT2D eigenvalue weighted by Crippen LogP contribution is 2.43. The van der Waals surface area contributed by atoms with E-state index in [-0.39, 0.29) is 5.41 Å². The first-order valence-corrected chi connectivity index (χ1v) is 20.3. The molecule has 0 spiro atoms. The van der Waals surface area contributed by atoms with Gasteiger partial charge in [0.2, 0.25) is 0 Å². The lowest BCUT2D eigenvalue weighted by Gasteiger charge is -2.34. The Hall–Kier alpha value is -7.22. The third-order valence-electron chi connectivity index (χ3n) is 12.4. The Morgan fingerprint density at radius 1 is 0.379 bits per heavy atom. The topological polar surface area (TPSA) is 3.24 Å². The number of hydrogen-bond donors (Lipinski definition) is 0. The van der Waals surface area contributed by atoms with Gasteiger partial charge in [0.15, 0.2) is 0 Å². The van der Waals surface area contributed by atoms with Crippen molar-refractivity contribution >= 4 is 65.2 Å². The zero-order valence-corrected chi connectivity index (χ0v) is 32.4. The Morgan fingerprint density at radius 3 is 1.71 bits per heavy atom. The summed E-state index contributed by atoms with van der Waals surface area (Å²) >= 11 is 0. The number of fused-ring (bicyclic) bond motifs is 7. The van der Waals surface area contributed by atoms with Gasteiger partial charge in [-0.25, -0.2) is 0 Å². The molecule has 1 aliphatic rings. The van der Waals surface area contributed by atoms with E-state index in [9.17, 15) is 0 Å². The van der Waals surface area contributed by atoms with E-state index in [4.69, 9.17) is 0 Å². The predicted molar refractivity (Wildman–Crippen MR) is 249 cm³/mol. The SMILES string of the molecule is CC1(c2cccc3c2ccc2ccccc23)C=CC(N(c2ccc(-c3cccc(-c4ccc5ccccc5c4)c3)cc2)c2ccc3c(ccc4ccccc43)c2)=CC1. The van der Waals surface area contributed by atoms with Crippen molar-refractivity contribution in [3.05, 3.63) is 230 Å². The first-order valence-electron chi connectivity index (χ1n) is 20.3. The third-order valence-corrected chi connectivity index (χ3v) is 12.4. The molecule has 0 radical (unpaired) electrons. The zero-order chi connectivity index (χ0) is 38.6. The van der Waals surface area contributed by atoms with Crippen LogP contribution in [0.4, 0.5) is 11.4 Å². The molecule has 1 unspecified atom stereocenters. The molecule has 0 aliphatic heterocycles. The summed E-state index contributed by atoms with van der Waals surface area (Å²) in [5.41, 5.74) is 9.51. The van der Waals surface area contributed by atoms with Crippen molar-refractivity contribution < 1.29 is 0 Å². The Bertz CT molecular complexity index is 3280. The lowest BCUT2D eigenvalue weighted by atomic mass is 9.74. The fraction of sp³-hybridized carbons (Fsp3) is 0.0526. The molecule has 0 N–H and O–H groups in total. The molecule has 0 bridgehead atoms. The molecule has 1 nitrogen and oxygen atoms in total. The van der Waals surface area contributed by atoms with Gasteiger partial charge in [0.05, 0.1) is 0 Å². The second-order valence-corrected chi connectivity index (χ2v) is 16.0. The first kappa shape index (κ1) is 34.1. The maximum absolute atomic E-state index is 2.44. The quantitative estimate of drug-likeness (QED) is 0.154. The number of anilines is 2. The number of hydrogen-bond acceptors (Lipinski definition) is 1. The molecule has 0 fully saturated rings. The van der Waals surface area contributed by atoms with E-state index >= 15 is 0 Å². The molecular formula is C57H41N. The summed E-state index contributed by atoms with van der Waals surface area (Å²) in [5, 5.41) is 12.8. The Morgan fingerprint density at radius 2 is 0.931 bits per heavy atom. The average Bonchev–Trinajstić information content (AvgIpc) is 3.29. The third kappa shape index (κ3) is 5.87. The van der Waals surface area contributed by atoms with E-state index in [2.05, 4.69) is 230 Å². The molecule has 274 valence electrons. The minimum Gasteiger partial charge on any atom is -0.311 e. The van der Waals surface area contributed by atoms with Crippen LogP contribution < -0.4 is 4.90 Å². The molecule has 10 aromatic rings. The first-order chi connectivity index (χ1) is 28.6. The summed E-state index contributed by atoms with van der Waals surface area (Å²) in [6, 6.07) is 73.5. The minimum absolute atomic E-state index is 0.153. The highest BCUT2D eigenvalue weighted by atomic mass is 15.1. The molecule has 1 atom stereocenters. The number of allylic oxidation sites excluding steroid dienone is 3. The van der Waals surface area contributed by atoms with E-state index in [1.54, 1.807) is 0 Å². The van der Waals surface area contributed by atoms with Gasteiger partial charge >= 0.3 is 0 Å². The van der Waals surface area contributed by atoms with Crippen LogP contribution in [0.15, 0.2) is 224 Å². The zero-order valence-electron chi connectivity index (χ0n) is 32.4. The molecule has 1 heteroatoms. The molecule has 0 saturated heterocycles. The molecule has 0 saturated carbocycles. The van der Waals surface area contributed by atoms with E-state index in [0.29, 0.717) is 0 Å². The van der Waals surface area contributed by atoms with Crippen molar-refractivity contribution in [2.24, 2.45) is 0 Å². The van der Waals surface area contributed by atoms with Gasteiger partial charge in [0.1, 0.15) is 0 Å². The molecule has 10 aromatic carbocycles. The number of benzene rings is 10. The standard InChI is InChI=1S/C57H41N/c1-57(56-19-9-18-54-52-17-7-5-12-42(52)26-30-55(54)56)34-32-49(33-35-57)58(50-29-31-53-47(38-50)23-21-41-11-4-6-16-51(41)53)48-27-24-40(25-28-48)44-14-8-15-45(36-44)46-22-20-39-10-2-3-13-43(39)37-46/h2-34,36-38H,35H2,1H3. The summed E-state index contributed by atoms with van der Waals surface area (Å²) in [7, 11) is 0. The predicted octanol–water partition coefficient (Wildman–Crippen LogP) is 15.7. The lowest BCUT2D eigenvalue weighted by Crippen LogP contribution is -2.24. The van der Waals surface area contributed by atoms with E-state index in [0.717, 1.165) is 17.8 Å². The Kier molecular flexibility index (Phi) is 8.08. The van der Waals surface area contributed by atoms with Gasteiger partial charge in [-0.15, -0.1) is 0 Å². The van der Waals surface area contributed by atoms with Crippen molar-refractivity contribution in [3.63, 3.8) is 0 Å². The van der Waals surface area contributed by atoms with E-state index in [1.807, 2.05) is 0 Å². The van der Waals surface area contributed by atoms with Gasteiger partial charge in [-0.2, -0.15) is 0 Å². The second-order valence-electron chi connectivity index (χ2n) is 16.0. The molecule has 0 heterocycles. The van der Waals surface area contributed by atoms with Gasteiger partial charge < -0.3 is 4.90 Å². The van der Waals surface area contributed by atoms with E-state index in [1.165, 1.54) is 87.4 Å². The van der Waals surface area contributed by atoms with Crippen LogP contribution in [0, 0.1) is 0 Å².